The molecule has 122 valence electrons. The Hall–Kier alpha value is -0.690. The van der Waals surface area contributed by atoms with Crippen LogP contribution in [0.4, 0.5) is 0 Å². The topological polar surface area (TPSA) is 70.5 Å². The maximum absolute atomic E-state index is 12.9. The minimum absolute atomic E-state index is 0.0400. The van der Waals surface area contributed by atoms with E-state index in [4.69, 9.17) is 11.6 Å². The van der Waals surface area contributed by atoms with E-state index < -0.39 is 16.1 Å². The Balaban J connectivity index is 1.89. The molecule has 3 atom stereocenters. The zero-order chi connectivity index (χ0) is 15.7. The molecule has 0 radical (unpaired) electrons. The molecule has 2 fully saturated rings. The number of hydrogen-bond donors (Lipinski definition) is 1. The van der Waals surface area contributed by atoms with Crippen LogP contribution in [0.25, 0.3) is 0 Å². The van der Waals surface area contributed by atoms with Crippen molar-refractivity contribution in [2.75, 3.05) is 6.54 Å². The van der Waals surface area contributed by atoms with Crippen molar-refractivity contribution >= 4 is 21.6 Å². The molecule has 0 amide bonds. The third-order valence-electron chi connectivity index (χ3n) is 4.81. The lowest BCUT2D eigenvalue weighted by molar-refractivity contribution is 0.0386. The van der Waals surface area contributed by atoms with Crippen LogP contribution in [0.5, 0.6) is 0 Å². The van der Waals surface area contributed by atoms with Crippen LogP contribution in [0, 0.1) is 5.92 Å². The third-order valence-corrected chi connectivity index (χ3v) is 6.91. The second-order valence-electron chi connectivity index (χ2n) is 6.18. The first-order chi connectivity index (χ1) is 10.5. The quantitative estimate of drug-likeness (QED) is 0.914. The Bertz CT molecular complexity index is 637. The Morgan fingerprint density at radius 3 is 2.68 bits per heavy atom. The zero-order valence-corrected chi connectivity index (χ0v) is 13.9. The number of pyridine rings is 1. The molecule has 1 aromatic heterocycles. The second kappa shape index (κ2) is 6.43. The lowest BCUT2D eigenvalue weighted by atomic mass is 9.81. The molecule has 1 aromatic rings. The average molecular weight is 345 g/mol. The van der Waals surface area contributed by atoms with Gasteiger partial charge in [-0.2, -0.15) is 4.31 Å². The highest BCUT2D eigenvalue weighted by Crippen LogP contribution is 2.37. The summed E-state index contributed by atoms with van der Waals surface area (Å²) in [6, 6.07) is 1.33. The second-order valence-corrected chi connectivity index (χ2v) is 8.51. The van der Waals surface area contributed by atoms with Gasteiger partial charge in [0.15, 0.2) is 0 Å². The Morgan fingerprint density at radius 1 is 1.18 bits per heavy atom. The van der Waals surface area contributed by atoms with E-state index in [1.54, 1.807) is 4.31 Å². The molecule has 0 spiro atoms. The van der Waals surface area contributed by atoms with Gasteiger partial charge in [0.1, 0.15) is 4.90 Å². The maximum atomic E-state index is 12.9. The first kappa shape index (κ1) is 16.2. The van der Waals surface area contributed by atoms with Crippen LogP contribution >= 0.6 is 11.6 Å². The van der Waals surface area contributed by atoms with Crippen LogP contribution in [-0.2, 0) is 10.0 Å². The molecule has 2 heterocycles. The van der Waals surface area contributed by atoms with Crippen LogP contribution in [-0.4, -0.2) is 41.5 Å². The highest BCUT2D eigenvalue weighted by molar-refractivity contribution is 7.89. The van der Waals surface area contributed by atoms with Gasteiger partial charge in [0.2, 0.25) is 10.0 Å². The smallest absolute Gasteiger partial charge is 0.244 e. The van der Waals surface area contributed by atoms with Crippen LogP contribution in [0.3, 0.4) is 0 Å². The molecule has 1 saturated heterocycles. The van der Waals surface area contributed by atoms with Crippen molar-refractivity contribution in [3.8, 4) is 0 Å². The number of sulfonamides is 1. The van der Waals surface area contributed by atoms with E-state index in [0.29, 0.717) is 11.6 Å². The van der Waals surface area contributed by atoms with Gasteiger partial charge < -0.3 is 5.11 Å². The van der Waals surface area contributed by atoms with Gasteiger partial charge in [0, 0.05) is 30.9 Å². The summed E-state index contributed by atoms with van der Waals surface area (Å²) in [5.74, 6) is 0.0400. The third kappa shape index (κ3) is 3.02. The van der Waals surface area contributed by atoms with E-state index in [2.05, 4.69) is 4.98 Å². The van der Waals surface area contributed by atoms with E-state index in [0.717, 1.165) is 38.5 Å². The number of aromatic nitrogens is 1. The monoisotopic (exact) mass is 344 g/mol. The van der Waals surface area contributed by atoms with Gasteiger partial charge in [-0.05, 0) is 31.7 Å². The standard InChI is InChI=1S/C15H21ClN2O3S/c16-11-8-12(10-17-9-11)22(20,21)18-7-3-5-14(18)13-4-1-2-6-15(13)19/h8-10,13-15,19H,1-7H2/t13-,14-,15-/m1/s1. The summed E-state index contributed by atoms with van der Waals surface area (Å²) in [5.41, 5.74) is 0. The molecular weight excluding hydrogens is 324 g/mol. The largest absolute Gasteiger partial charge is 0.393 e. The molecule has 0 unspecified atom stereocenters. The lowest BCUT2D eigenvalue weighted by Crippen LogP contribution is -2.45. The Kier molecular flexibility index (Phi) is 4.73. The molecule has 1 aliphatic carbocycles. The molecule has 7 heteroatoms. The fourth-order valence-corrected chi connectivity index (χ4v) is 5.72. The molecule has 3 rings (SSSR count). The van der Waals surface area contributed by atoms with Crippen LogP contribution in [0.2, 0.25) is 5.02 Å². The predicted octanol–water partition coefficient (Wildman–Crippen LogP) is 2.44. The predicted molar refractivity (Wildman–Crippen MR) is 84.1 cm³/mol. The summed E-state index contributed by atoms with van der Waals surface area (Å²) >= 11 is 5.88. The van der Waals surface area contributed by atoms with E-state index in [-0.39, 0.29) is 16.9 Å². The average Bonchev–Trinajstić information content (AvgIpc) is 2.98. The molecule has 1 N–H and O–H groups in total. The number of aliphatic hydroxyl groups is 1. The SMILES string of the molecule is O=S(=O)(c1cncc(Cl)c1)N1CCC[C@@H]1[C@H]1CCCC[C@H]1O. The van der Waals surface area contributed by atoms with Crippen LogP contribution in [0.1, 0.15) is 38.5 Å². The highest BCUT2D eigenvalue weighted by Gasteiger charge is 2.42. The van der Waals surface area contributed by atoms with Gasteiger partial charge in [-0.25, -0.2) is 8.42 Å². The summed E-state index contributed by atoms with van der Waals surface area (Å²) < 4.78 is 27.3. The zero-order valence-electron chi connectivity index (χ0n) is 12.4. The van der Waals surface area contributed by atoms with E-state index in [9.17, 15) is 13.5 Å². The summed E-state index contributed by atoms with van der Waals surface area (Å²) in [7, 11) is -3.61. The highest BCUT2D eigenvalue weighted by atomic mass is 35.5. The maximum Gasteiger partial charge on any atom is 0.244 e. The first-order valence-electron chi connectivity index (χ1n) is 7.80. The Labute approximate surface area is 136 Å². The van der Waals surface area contributed by atoms with Gasteiger partial charge >= 0.3 is 0 Å². The molecule has 22 heavy (non-hydrogen) atoms. The van der Waals surface area contributed by atoms with Crippen molar-refractivity contribution in [1.82, 2.24) is 9.29 Å². The summed E-state index contributed by atoms with van der Waals surface area (Å²) in [5, 5.41) is 10.6. The molecule has 1 aliphatic heterocycles. The first-order valence-corrected chi connectivity index (χ1v) is 9.62. The normalized spacial score (nSPS) is 30.5. The van der Waals surface area contributed by atoms with Crippen molar-refractivity contribution in [1.29, 1.82) is 0 Å². The van der Waals surface area contributed by atoms with Gasteiger partial charge in [-0.15, -0.1) is 0 Å². The minimum atomic E-state index is -3.61. The van der Waals surface area contributed by atoms with Gasteiger partial charge in [0.25, 0.3) is 0 Å². The van der Waals surface area contributed by atoms with Crippen molar-refractivity contribution in [3.63, 3.8) is 0 Å². The number of hydrogen-bond acceptors (Lipinski definition) is 4. The van der Waals surface area contributed by atoms with Gasteiger partial charge in [0.05, 0.1) is 11.1 Å². The van der Waals surface area contributed by atoms with Crippen molar-refractivity contribution < 1.29 is 13.5 Å². The molecule has 0 bridgehead atoms. The number of rotatable bonds is 3. The van der Waals surface area contributed by atoms with Crippen molar-refractivity contribution in [3.05, 3.63) is 23.5 Å². The number of aliphatic hydroxyl groups excluding tert-OH is 1. The molecule has 2 aliphatic rings. The van der Waals surface area contributed by atoms with Gasteiger partial charge in [-0.1, -0.05) is 24.4 Å². The number of nitrogens with zero attached hydrogens (tertiary/aromatic N) is 2. The molecule has 5 nitrogen and oxygen atoms in total. The summed E-state index contributed by atoms with van der Waals surface area (Å²) in [4.78, 5) is 4.02. The van der Waals surface area contributed by atoms with E-state index >= 15 is 0 Å². The Morgan fingerprint density at radius 2 is 1.95 bits per heavy atom. The summed E-state index contributed by atoms with van der Waals surface area (Å²) in [6.07, 6.45) is 7.77. The van der Waals surface area contributed by atoms with Gasteiger partial charge in [-0.3, -0.25) is 4.98 Å². The summed E-state index contributed by atoms with van der Waals surface area (Å²) in [6.45, 7) is 0.503. The number of halogens is 1. The lowest BCUT2D eigenvalue weighted by Gasteiger charge is -2.36. The minimum Gasteiger partial charge on any atom is -0.393 e. The van der Waals surface area contributed by atoms with Crippen molar-refractivity contribution in [2.45, 2.75) is 55.6 Å². The molecular formula is C15H21ClN2O3S. The fourth-order valence-electron chi connectivity index (χ4n) is 3.75. The van der Waals surface area contributed by atoms with E-state index in [1.807, 2.05) is 0 Å². The van der Waals surface area contributed by atoms with Crippen molar-refractivity contribution in [2.24, 2.45) is 5.92 Å². The molecule has 0 aromatic carbocycles. The fraction of sp³-hybridized carbons (Fsp3) is 0.667. The molecule has 1 saturated carbocycles. The van der Waals surface area contributed by atoms with Crippen LogP contribution < -0.4 is 0 Å². The van der Waals surface area contributed by atoms with E-state index in [1.165, 1.54) is 18.5 Å². The van der Waals surface area contributed by atoms with Crippen LogP contribution in [0.15, 0.2) is 23.4 Å².